The van der Waals surface area contributed by atoms with Gasteiger partial charge in [-0.05, 0) is 123 Å². The molecule has 0 aliphatic carbocycles. The van der Waals surface area contributed by atoms with Gasteiger partial charge in [-0.3, -0.25) is 0 Å². The van der Waals surface area contributed by atoms with Crippen LogP contribution in [0.4, 0.5) is 0 Å². The van der Waals surface area contributed by atoms with Crippen molar-refractivity contribution in [3.63, 3.8) is 0 Å². The normalized spacial score (nSPS) is 12.7. The highest BCUT2D eigenvalue weighted by atomic mass is 14.3. The van der Waals surface area contributed by atoms with Crippen molar-refractivity contribution in [2.24, 2.45) is 0 Å². The van der Waals surface area contributed by atoms with Gasteiger partial charge in [0, 0.05) is 0 Å². The van der Waals surface area contributed by atoms with Gasteiger partial charge in [-0.25, -0.2) is 0 Å². The zero-order valence-corrected chi connectivity index (χ0v) is 32.0. The van der Waals surface area contributed by atoms with Crippen LogP contribution in [0, 0.1) is 13.8 Å². The van der Waals surface area contributed by atoms with Crippen LogP contribution in [0.1, 0.15) is 90.1 Å². The van der Waals surface area contributed by atoms with E-state index in [9.17, 15) is 0 Å². The van der Waals surface area contributed by atoms with Crippen LogP contribution in [0.5, 0.6) is 0 Å². The highest BCUT2D eigenvalue weighted by Gasteiger charge is 2.22. The lowest BCUT2D eigenvalue weighted by atomic mass is 9.80. The highest BCUT2D eigenvalue weighted by molar-refractivity contribution is 6.34. The van der Waals surface area contributed by atoms with E-state index in [4.69, 9.17) is 0 Å². The average Bonchev–Trinajstić information content (AvgIpc) is 3.06. The maximum absolute atomic E-state index is 2.36. The fourth-order valence-electron chi connectivity index (χ4n) is 7.92. The molecule has 0 saturated carbocycles. The lowest BCUT2D eigenvalue weighted by molar-refractivity contribution is 0.589. The van der Waals surface area contributed by atoms with Crippen LogP contribution < -0.4 is 0 Å². The van der Waals surface area contributed by atoms with Crippen molar-refractivity contribution in [2.75, 3.05) is 0 Å². The maximum atomic E-state index is 2.36. The Morgan fingerprint density at radius 2 is 0.860 bits per heavy atom. The molecule has 0 N–H and O–H groups in total. The summed E-state index contributed by atoms with van der Waals surface area (Å²) in [7, 11) is 0. The number of rotatable bonds is 1. The zero-order chi connectivity index (χ0) is 35.7. The molecule has 0 radical (unpaired) electrons. The molecule has 50 heavy (non-hydrogen) atoms. The van der Waals surface area contributed by atoms with Crippen molar-refractivity contribution in [2.45, 2.75) is 92.4 Å². The fraction of sp³-hybridized carbons (Fsp3) is 0.280. The fourth-order valence-corrected chi connectivity index (χ4v) is 7.92. The molecule has 0 heterocycles. The zero-order valence-electron chi connectivity index (χ0n) is 32.0. The number of hydrogen-bond acceptors (Lipinski definition) is 0. The first kappa shape index (κ1) is 33.8. The monoisotopic (exact) mass is 652 g/mol. The summed E-state index contributed by atoms with van der Waals surface area (Å²) in [6.45, 7) is 25.0. The summed E-state index contributed by atoms with van der Waals surface area (Å²) < 4.78 is 0. The minimum absolute atomic E-state index is 0.0893. The van der Waals surface area contributed by atoms with E-state index in [1.54, 1.807) is 0 Å². The number of benzene rings is 8. The van der Waals surface area contributed by atoms with Gasteiger partial charge in [0.25, 0.3) is 0 Å². The molecule has 0 spiro atoms. The Hall–Kier alpha value is -4.68. The molecule has 0 unspecified atom stereocenters. The second-order valence-corrected chi connectivity index (χ2v) is 17.6. The summed E-state index contributed by atoms with van der Waals surface area (Å²) in [5.74, 6) is 0. The number of hydrogen-bond donors (Lipinski definition) is 0. The summed E-state index contributed by atoms with van der Waals surface area (Å²) in [5.41, 5.74) is 10.1. The van der Waals surface area contributed by atoms with Gasteiger partial charge in [0.2, 0.25) is 0 Å². The van der Waals surface area contributed by atoms with Crippen LogP contribution in [0.3, 0.4) is 0 Å². The Labute approximate surface area is 299 Å². The van der Waals surface area contributed by atoms with Crippen molar-refractivity contribution < 1.29 is 0 Å². The van der Waals surface area contributed by atoms with Crippen molar-refractivity contribution >= 4 is 53.9 Å². The summed E-state index contributed by atoms with van der Waals surface area (Å²) >= 11 is 0. The Morgan fingerprint density at radius 3 is 1.50 bits per heavy atom. The second kappa shape index (κ2) is 12.0. The van der Waals surface area contributed by atoms with Crippen LogP contribution >= 0.6 is 0 Å². The Morgan fingerprint density at radius 1 is 0.340 bits per heavy atom. The van der Waals surface area contributed by atoms with E-state index in [2.05, 4.69) is 191 Å². The molecule has 0 amide bonds. The van der Waals surface area contributed by atoms with Gasteiger partial charge in [0.05, 0.1) is 0 Å². The van der Waals surface area contributed by atoms with Gasteiger partial charge in [-0.2, -0.15) is 0 Å². The topological polar surface area (TPSA) is 0 Å². The standard InChI is InChI=1S/C31H26.C19H26/c1-19-15-16-26-27-18-17-21(22-9-5-6-14-28(22)31(2,3)4)23-11-8-13-25(30(23)27)24-12-7-10-20(19)29(24)26;1-13-10-16(19(5,6)7)12-14-11-15(18(2,3)4)8-9-17(13)14/h5-18H,1-4H3;8-12H,1-7H3. The molecule has 0 aliphatic heterocycles. The lowest BCUT2D eigenvalue weighted by Crippen LogP contribution is -2.12. The first-order chi connectivity index (χ1) is 23.5. The van der Waals surface area contributed by atoms with Crippen LogP contribution in [0.2, 0.25) is 0 Å². The van der Waals surface area contributed by atoms with Gasteiger partial charge in [-0.1, -0.05) is 178 Å². The molecular formula is C50H52. The molecule has 252 valence electrons. The Kier molecular flexibility index (Phi) is 8.10. The van der Waals surface area contributed by atoms with Gasteiger partial charge in [0.1, 0.15) is 0 Å². The summed E-state index contributed by atoms with van der Waals surface area (Å²) in [5, 5.41) is 13.6. The number of aryl methyl sites for hydroxylation is 2. The SMILES string of the molecule is Cc1cc(C(C)(C)C)cc2cc(C(C)(C)C)ccc12.Cc1ccc2c3ccc(-c4ccccc4C(C)(C)C)c4cccc(c5cccc1c52)c43. The third-order valence-corrected chi connectivity index (χ3v) is 10.8. The van der Waals surface area contributed by atoms with Crippen molar-refractivity contribution in [3.8, 4) is 11.1 Å². The van der Waals surface area contributed by atoms with E-state index in [1.807, 2.05) is 0 Å². The minimum atomic E-state index is 0.0893. The molecule has 8 aromatic carbocycles. The van der Waals surface area contributed by atoms with E-state index < -0.39 is 0 Å². The molecule has 0 bridgehead atoms. The van der Waals surface area contributed by atoms with Crippen LogP contribution in [0.15, 0.2) is 115 Å². The largest absolute Gasteiger partial charge is 0.0619 e. The molecule has 8 aromatic rings. The molecule has 0 heteroatoms. The van der Waals surface area contributed by atoms with Crippen molar-refractivity contribution in [3.05, 3.63) is 143 Å². The van der Waals surface area contributed by atoms with Gasteiger partial charge in [-0.15, -0.1) is 0 Å². The predicted molar refractivity (Wildman–Crippen MR) is 223 cm³/mol. The molecule has 0 saturated heterocycles. The summed E-state index contributed by atoms with van der Waals surface area (Å²) in [4.78, 5) is 0. The van der Waals surface area contributed by atoms with Crippen LogP contribution in [-0.4, -0.2) is 0 Å². The second-order valence-electron chi connectivity index (χ2n) is 17.6. The minimum Gasteiger partial charge on any atom is -0.0619 e. The van der Waals surface area contributed by atoms with E-state index in [1.165, 1.54) is 92.8 Å². The Balaban J connectivity index is 0.000000178. The summed E-state index contributed by atoms with van der Waals surface area (Å²) in [6.07, 6.45) is 0. The van der Waals surface area contributed by atoms with E-state index >= 15 is 0 Å². The number of fused-ring (bicyclic) bond motifs is 3. The highest BCUT2D eigenvalue weighted by Crippen LogP contribution is 2.45. The van der Waals surface area contributed by atoms with Gasteiger partial charge in [0.15, 0.2) is 0 Å². The van der Waals surface area contributed by atoms with Gasteiger partial charge < -0.3 is 0 Å². The molecular weight excluding hydrogens is 601 g/mol. The first-order valence-electron chi connectivity index (χ1n) is 18.3. The first-order valence-corrected chi connectivity index (χ1v) is 18.3. The smallest absolute Gasteiger partial charge is 0.00201 e. The summed E-state index contributed by atoms with van der Waals surface area (Å²) in [6, 6.07) is 43.3. The maximum Gasteiger partial charge on any atom is -0.00201 e. The van der Waals surface area contributed by atoms with Crippen molar-refractivity contribution in [1.29, 1.82) is 0 Å². The van der Waals surface area contributed by atoms with E-state index in [0.717, 1.165) is 0 Å². The van der Waals surface area contributed by atoms with Crippen LogP contribution in [0.25, 0.3) is 65.0 Å². The molecule has 8 rings (SSSR count). The van der Waals surface area contributed by atoms with Crippen LogP contribution in [-0.2, 0) is 16.2 Å². The average molecular weight is 653 g/mol. The molecule has 0 fully saturated rings. The Bertz CT molecular complexity index is 2510. The van der Waals surface area contributed by atoms with Crippen molar-refractivity contribution in [1.82, 2.24) is 0 Å². The third kappa shape index (κ3) is 5.83. The molecule has 0 aromatic heterocycles. The van der Waals surface area contributed by atoms with E-state index in [0.29, 0.717) is 0 Å². The third-order valence-electron chi connectivity index (χ3n) is 10.8. The van der Waals surface area contributed by atoms with Gasteiger partial charge >= 0.3 is 0 Å². The van der Waals surface area contributed by atoms with E-state index in [-0.39, 0.29) is 16.2 Å². The quantitative estimate of drug-likeness (QED) is 0.122. The molecule has 0 atom stereocenters. The molecule has 0 aliphatic rings. The predicted octanol–water partition coefficient (Wildman–Crippen LogP) is 14.8. The molecule has 0 nitrogen and oxygen atoms in total. The lowest BCUT2D eigenvalue weighted by Gasteiger charge is -2.24.